The number of aromatic nitrogens is 2. The number of thiophene rings is 1. The summed E-state index contributed by atoms with van der Waals surface area (Å²) in [6, 6.07) is 1.29. The molecule has 0 spiro atoms. The molecule has 0 aliphatic rings. The minimum atomic E-state index is -3.86. The van der Waals surface area contributed by atoms with E-state index in [0.717, 1.165) is 22.6 Å². The minimum absolute atomic E-state index is 0.0776. The van der Waals surface area contributed by atoms with Gasteiger partial charge in [-0.3, -0.25) is 4.68 Å². The summed E-state index contributed by atoms with van der Waals surface area (Å²) in [6.45, 7) is 2.01. The second-order valence-electron chi connectivity index (χ2n) is 4.37. The lowest BCUT2D eigenvalue weighted by Gasteiger charge is -2.06. The summed E-state index contributed by atoms with van der Waals surface area (Å²) in [6.07, 6.45) is 2.43. The smallest absolute Gasteiger partial charge is 0.347 e. The van der Waals surface area contributed by atoms with Crippen molar-refractivity contribution in [2.24, 2.45) is 7.05 Å². The molecular weight excluding hydrogens is 314 g/mol. The van der Waals surface area contributed by atoms with Crippen molar-refractivity contribution in [2.45, 2.75) is 24.8 Å². The van der Waals surface area contributed by atoms with E-state index in [1.807, 2.05) is 6.92 Å². The molecule has 2 heterocycles. The minimum Gasteiger partial charge on any atom is -0.477 e. The third-order valence-corrected chi connectivity index (χ3v) is 5.37. The summed E-state index contributed by atoms with van der Waals surface area (Å²) in [7, 11) is -2.10. The van der Waals surface area contributed by atoms with Gasteiger partial charge in [0.15, 0.2) is 0 Å². The number of carbonyl (C=O) groups is 1. The lowest BCUT2D eigenvalue weighted by atomic mass is 10.2. The van der Waals surface area contributed by atoms with Crippen molar-refractivity contribution in [3.63, 3.8) is 0 Å². The molecule has 9 heteroatoms. The van der Waals surface area contributed by atoms with Crippen molar-refractivity contribution in [1.29, 1.82) is 0 Å². The molecule has 0 aliphatic carbocycles. The number of aromatic carboxylic acids is 1. The molecule has 0 fully saturated rings. The van der Waals surface area contributed by atoms with Crippen LogP contribution in [0.15, 0.2) is 22.5 Å². The van der Waals surface area contributed by atoms with Crippen LogP contribution in [0.2, 0.25) is 0 Å². The maximum Gasteiger partial charge on any atom is 0.347 e. The van der Waals surface area contributed by atoms with Crippen molar-refractivity contribution < 1.29 is 18.3 Å². The van der Waals surface area contributed by atoms with E-state index in [1.54, 1.807) is 17.9 Å². The summed E-state index contributed by atoms with van der Waals surface area (Å²) in [4.78, 5) is 10.6. The highest BCUT2D eigenvalue weighted by Crippen LogP contribution is 2.22. The first-order chi connectivity index (χ1) is 9.85. The highest BCUT2D eigenvalue weighted by molar-refractivity contribution is 7.89. The van der Waals surface area contributed by atoms with Gasteiger partial charge in [-0.2, -0.15) is 5.10 Å². The maximum atomic E-state index is 12.2. The van der Waals surface area contributed by atoms with Crippen LogP contribution in [0.3, 0.4) is 0 Å². The highest BCUT2D eigenvalue weighted by atomic mass is 32.2. The number of nitrogens with zero attached hydrogens (tertiary/aromatic N) is 2. The van der Waals surface area contributed by atoms with Crippen LogP contribution < -0.4 is 4.72 Å². The second-order valence-corrected chi connectivity index (χ2v) is 7.02. The number of carboxylic acid groups (broad SMARTS) is 1. The molecule has 0 aliphatic heterocycles. The predicted octanol–water partition coefficient (Wildman–Crippen LogP) is 1.22. The number of hydrogen-bond donors (Lipinski definition) is 2. The molecule has 0 radical (unpaired) electrons. The van der Waals surface area contributed by atoms with E-state index < -0.39 is 16.0 Å². The Labute approximate surface area is 126 Å². The van der Waals surface area contributed by atoms with E-state index >= 15 is 0 Å². The summed E-state index contributed by atoms with van der Waals surface area (Å²) in [5, 5.41) is 14.7. The van der Waals surface area contributed by atoms with Gasteiger partial charge in [-0.05, 0) is 17.9 Å². The van der Waals surface area contributed by atoms with Crippen LogP contribution >= 0.6 is 11.3 Å². The Morgan fingerprint density at radius 2 is 2.24 bits per heavy atom. The average molecular weight is 329 g/mol. The fourth-order valence-electron chi connectivity index (χ4n) is 1.94. The Bertz CT molecular complexity index is 761. The highest BCUT2D eigenvalue weighted by Gasteiger charge is 2.23. The normalized spacial score (nSPS) is 11.7. The van der Waals surface area contributed by atoms with Crippen LogP contribution in [-0.2, 0) is 30.0 Å². The van der Waals surface area contributed by atoms with E-state index in [2.05, 4.69) is 9.82 Å². The van der Waals surface area contributed by atoms with Gasteiger partial charge in [0, 0.05) is 25.4 Å². The standard InChI is InChI=1S/C12H15N3O4S2/c1-3-9-8(7-15(2)14-9)6-13-21(18,19)10-4-5-20-11(10)12(16)17/h4-5,7,13H,3,6H2,1-2H3,(H,16,17). The molecule has 7 nitrogen and oxygen atoms in total. The van der Waals surface area contributed by atoms with Gasteiger partial charge in [0.2, 0.25) is 10.0 Å². The summed E-state index contributed by atoms with van der Waals surface area (Å²) in [5.41, 5.74) is 1.58. The zero-order valence-corrected chi connectivity index (χ0v) is 13.2. The first-order valence-corrected chi connectivity index (χ1v) is 8.53. The molecule has 0 atom stereocenters. The van der Waals surface area contributed by atoms with Crippen molar-refractivity contribution in [3.8, 4) is 0 Å². The monoisotopic (exact) mass is 329 g/mol. The first kappa shape index (κ1) is 15.7. The molecule has 0 unspecified atom stereocenters. The van der Waals surface area contributed by atoms with Gasteiger partial charge in [-0.25, -0.2) is 17.9 Å². The number of nitrogens with one attached hydrogen (secondary N) is 1. The number of rotatable bonds is 6. The molecule has 114 valence electrons. The van der Waals surface area contributed by atoms with Gasteiger partial charge in [-0.15, -0.1) is 11.3 Å². The molecule has 2 aromatic heterocycles. The van der Waals surface area contributed by atoms with Gasteiger partial charge < -0.3 is 5.11 Å². The molecular formula is C12H15N3O4S2. The second kappa shape index (κ2) is 5.96. The van der Waals surface area contributed by atoms with Crippen molar-refractivity contribution in [1.82, 2.24) is 14.5 Å². The van der Waals surface area contributed by atoms with Gasteiger partial charge in [0.05, 0.1) is 5.69 Å². The Morgan fingerprint density at radius 3 is 2.86 bits per heavy atom. The summed E-state index contributed by atoms with van der Waals surface area (Å²) >= 11 is 0.883. The van der Waals surface area contributed by atoms with Crippen LogP contribution in [0.25, 0.3) is 0 Å². The quantitative estimate of drug-likeness (QED) is 0.830. The van der Waals surface area contributed by atoms with Crippen molar-refractivity contribution in [3.05, 3.63) is 33.8 Å². The molecule has 2 rings (SSSR count). The van der Waals surface area contributed by atoms with E-state index in [0.29, 0.717) is 6.42 Å². The molecule has 0 saturated carbocycles. The molecule has 0 saturated heterocycles. The third kappa shape index (κ3) is 3.31. The predicted molar refractivity (Wildman–Crippen MR) is 77.9 cm³/mol. The van der Waals surface area contributed by atoms with E-state index in [4.69, 9.17) is 5.11 Å². The molecule has 0 aromatic carbocycles. The van der Waals surface area contributed by atoms with E-state index in [9.17, 15) is 13.2 Å². The Morgan fingerprint density at radius 1 is 1.52 bits per heavy atom. The van der Waals surface area contributed by atoms with Crippen LogP contribution in [0.4, 0.5) is 0 Å². The van der Waals surface area contributed by atoms with Crippen LogP contribution in [0.1, 0.15) is 27.9 Å². The van der Waals surface area contributed by atoms with Gasteiger partial charge >= 0.3 is 5.97 Å². The number of carboxylic acids is 1. The van der Waals surface area contributed by atoms with Gasteiger partial charge in [0.1, 0.15) is 9.77 Å². The van der Waals surface area contributed by atoms with Crippen molar-refractivity contribution in [2.75, 3.05) is 0 Å². The van der Waals surface area contributed by atoms with Crippen molar-refractivity contribution >= 4 is 27.3 Å². The van der Waals surface area contributed by atoms with Crippen LogP contribution in [0.5, 0.6) is 0 Å². The number of hydrogen-bond acceptors (Lipinski definition) is 5. The van der Waals surface area contributed by atoms with E-state index in [-0.39, 0.29) is 16.3 Å². The van der Waals surface area contributed by atoms with Gasteiger partial charge in [0.25, 0.3) is 0 Å². The average Bonchev–Trinajstić information content (AvgIpc) is 3.02. The molecule has 0 bridgehead atoms. The summed E-state index contributed by atoms with van der Waals surface area (Å²) in [5.74, 6) is -1.25. The number of aryl methyl sites for hydroxylation is 2. The Kier molecular flexibility index (Phi) is 4.45. The topological polar surface area (TPSA) is 101 Å². The van der Waals surface area contributed by atoms with E-state index in [1.165, 1.54) is 11.4 Å². The fraction of sp³-hybridized carbons (Fsp3) is 0.333. The fourth-order valence-corrected chi connectivity index (χ4v) is 4.21. The lowest BCUT2D eigenvalue weighted by Crippen LogP contribution is -2.24. The van der Waals surface area contributed by atoms with Crippen LogP contribution in [0, 0.1) is 0 Å². The molecule has 0 amide bonds. The largest absolute Gasteiger partial charge is 0.477 e. The van der Waals surface area contributed by atoms with Crippen LogP contribution in [-0.4, -0.2) is 29.3 Å². The molecule has 2 aromatic rings. The Hall–Kier alpha value is -1.71. The summed E-state index contributed by atoms with van der Waals surface area (Å²) < 4.78 is 28.5. The zero-order chi connectivity index (χ0) is 15.6. The SMILES string of the molecule is CCc1nn(C)cc1CNS(=O)(=O)c1ccsc1C(=O)O. The number of sulfonamides is 1. The third-order valence-electron chi connectivity index (χ3n) is 2.89. The maximum absolute atomic E-state index is 12.2. The Balaban J connectivity index is 2.22. The molecule has 2 N–H and O–H groups in total. The van der Waals surface area contributed by atoms with Gasteiger partial charge in [-0.1, -0.05) is 6.92 Å². The molecule has 21 heavy (non-hydrogen) atoms. The lowest BCUT2D eigenvalue weighted by molar-refractivity contribution is 0.0698. The zero-order valence-electron chi connectivity index (χ0n) is 11.5. The first-order valence-electron chi connectivity index (χ1n) is 6.17.